The standard InChI is InChI=1S/C11H11ClN2/c1-14-10(5-6-11(14)13)8-3-2-4-9(12)7-8/h2-7H,13H2,1H3. The first kappa shape index (κ1) is 9.16. The van der Waals surface area contributed by atoms with E-state index in [1.807, 2.05) is 48.0 Å². The molecule has 0 spiro atoms. The third-order valence-electron chi connectivity index (χ3n) is 2.28. The monoisotopic (exact) mass is 206 g/mol. The molecule has 0 aliphatic carbocycles. The van der Waals surface area contributed by atoms with Crippen LogP contribution in [0.2, 0.25) is 5.02 Å². The third-order valence-corrected chi connectivity index (χ3v) is 2.52. The minimum atomic E-state index is 0.738. The van der Waals surface area contributed by atoms with Gasteiger partial charge in [0, 0.05) is 17.8 Å². The predicted molar refractivity (Wildman–Crippen MR) is 60.3 cm³/mol. The van der Waals surface area contributed by atoms with Crippen LogP contribution in [0.4, 0.5) is 5.82 Å². The number of nitrogens with zero attached hydrogens (tertiary/aromatic N) is 1. The smallest absolute Gasteiger partial charge is 0.103 e. The van der Waals surface area contributed by atoms with Crippen LogP contribution in [-0.2, 0) is 7.05 Å². The van der Waals surface area contributed by atoms with Crippen LogP contribution < -0.4 is 5.73 Å². The number of benzene rings is 1. The van der Waals surface area contributed by atoms with Gasteiger partial charge in [-0.2, -0.15) is 0 Å². The van der Waals surface area contributed by atoms with Crippen molar-refractivity contribution < 1.29 is 0 Å². The highest BCUT2D eigenvalue weighted by Crippen LogP contribution is 2.24. The molecular formula is C11H11ClN2. The van der Waals surface area contributed by atoms with Crippen molar-refractivity contribution in [2.24, 2.45) is 7.05 Å². The lowest BCUT2D eigenvalue weighted by atomic mass is 10.1. The van der Waals surface area contributed by atoms with E-state index in [1.165, 1.54) is 0 Å². The van der Waals surface area contributed by atoms with Crippen molar-refractivity contribution in [3.8, 4) is 11.3 Å². The summed E-state index contributed by atoms with van der Waals surface area (Å²) in [6.07, 6.45) is 0. The van der Waals surface area contributed by atoms with Crippen molar-refractivity contribution in [3.63, 3.8) is 0 Å². The first-order chi connectivity index (χ1) is 6.68. The summed E-state index contributed by atoms with van der Waals surface area (Å²) >= 11 is 5.91. The van der Waals surface area contributed by atoms with E-state index in [9.17, 15) is 0 Å². The fraction of sp³-hybridized carbons (Fsp3) is 0.0909. The van der Waals surface area contributed by atoms with Gasteiger partial charge < -0.3 is 10.3 Å². The second kappa shape index (κ2) is 3.39. The van der Waals surface area contributed by atoms with Gasteiger partial charge in [0.25, 0.3) is 0 Å². The minimum absolute atomic E-state index is 0.738. The molecule has 72 valence electrons. The van der Waals surface area contributed by atoms with Crippen molar-refractivity contribution >= 4 is 17.4 Å². The molecular weight excluding hydrogens is 196 g/mol. The molecule has 1 aromatic heterocycles. The number of anilines is 1. The van der Waals surface area contributed by atoms with Gasteiger partial charge >= 0.3 is 0 Å². The zero-order valence-electron chi connectivity index (χ0n) is 7.87. The molecule has 2 N–H and O–H groups in total. The van der Waals surface area contributed by atoms with Gasteiger partial charge in [-0.05, 0) is 29.8 Å². The SMILES string of the molecule is Cn1c(N)ccc1-c1cccc(Cl)c1. The number of nitrogen functional groups attached to an aromatic ring is 1. The molecule has 0 amide bonds. The van der Waals surface area contributed by atoms with Crippen LogP contribution in [0.1, 0.15) is 0 Å². The maximum absolute atomic E-state index is 5.91. The normalized spacial score (nSPS) is 10.4. The first-order valence-corrected chi connectivity index (χ1v) is 4.73. The highest BCUT2D eigenvalue weighted by Gasteiger charge is 2.04. The van der Waals surface area contributed by atoms with Crippen LogP contribution >= 0.6 is 11.6 Å². The fourth-order valence-corrected chi connectivity index (χ4v) is 1.65. The van der Waals surface area contributed by atoms with Gasteiger partial charge in [-0.15, -0.1) is 0 Å². The zero-order chi connectivity index (χ0) is 10.1. The zero-order valence-corrected chi connectivity index (χ0v) is 8.62. The van der Waals surface area contributed by atoms with Crippen molar-refractivity contribution in [3.05, 3.63) is 41.4 Å². The van der Waals surface area contributed by atoms with Gasteiger partial charge in [0.2, 0.25) is 0 Å². The molecule has 0 saturated heterocycles. The molecule has 2 rings (SSSR count). The van der Waals surface area contributed by atoms with Crippen molar-refractivity contribution in [2.45, 2.75) is 0 Å². The Hall–Kier alpha value is -1.41. The van der Waals surface area contributed by atoms with Gasteiger partial charge in [0.15, 0.2) is 0 Å². The molecule has 2 aromatic rings. The Labute approximate surface area is 87.9 Å². The van der Waals surface area contributed by atoms with E-state index in [0.29, 0.717) is 0 Å². The summed E-state index contributed by atoms with van der Waals surface area (Å²) in [5.41, 5.74) is 7.90. The van der Waals surface area contributed by atoms with Gasteiger partial charge in [0.05, 0.1) is 0 Å². The Bertz CT molecular complexity index is 460. The Morgan fingerprint density at radius 3 is 2.57 bits per heavy atom. The van der Waals surface area contributed by atoms with E-state index < -0.39 is 0 Å². The summed E-state index contributed by atoms with van der Waals surface area (Å²) in [6, 6.07) is 11.6. The number of nitrogens with two attached hydrogens (primary N) is 1. The summed E-state index contributed by atoms with van der Waals surface area (Å²) < 4.78 is 1.94. The summed E-state index contributed by atoms with van der Waals surface area (Å²) in [5.74, 6) is 0.750. The van der Waals surface area contributed by atoms with Crippen LogP contribution in [0.3, 0.4) is 0 Å². The van der Waals surface area contributed by atoms with Crippen molar-refractivity contribution in [1.82, 2.24) is 4.57 Å². The molecule has 0 aliphatic heterocycles. The van der Waals surface area contributed by atoms with Gasteiger partial charge in [-0.25, -0.2) is 0 Å². The fourth-order valence-electron chi connectivity index (χ4n) is 1.46. The van der Waals surface area contributed by atoms with Crippen molar-refractivity contribution in [1.29, 1.82) is 0 Å². The number of hydrogen-bond acceptors (Lipinski definition) is 1. The van der Waals surface area contributed by atoms with Crippen molar-refractivity contribution in [2.75, 3.05) is 5.73 Å². The number of aromatic nitrogens is 1. The maximum atomic E-state index is 5.91. The third kappa shape index (κ3) is 1.49. The predicted octanol–water partition coefficient (Wildman–Crippen LogP) is 2.93. The molecule has 0 unspecified atom stereocenters. The molecule has 0 aliphatic rings. The van der Waals surface area contributed by atoms with Crippen LogP contribution in [0.25, 0.3) is 11.3 Å². The quantitative estimate of drug-likeness (QED) is 0.764. The average Bonchev–Trinajstić information content (AvgIpc) is 2.48. The van der Waals surface area contributed by atoms with E-state index in [0.717, 1.165) is 22.1 Å². The van der Waals surface area contributed by atoms with Gasteiger partial charge in [0.1, 0.15) is 5.82 Å². The van der Waals surface area contributed by atoms with E-state index in [-0.39, 0.29) is 0 Å². The molecule has 0 fully saturated rings. The Balaban J connectivity index is 2.55. The summed E-state index contributed by atoms with van der Waals surface area (Å²) in [4.78, 5) is 0. The molecule has 3 heteroatoms. The molecule has 1 aromatic carbocycles. The van der Waals surface area contributed by atoms with Gasteiger partial charge in [-0.1, -0.05) is 23.7 Å². The molecule has 0 radical (unpaired) electrons. The minimum Gasteiger partial charge on any atom is -0.385 e. The van der Waals surface area contributed by atoms with Crippen LogP contribution in [0.5, 0.6) is 0 Å². The molecule has 0 atom stereocenters. The number of halogens is 1. The van der Waals surface area contributed by atoms with Gasteiger partial charge in [-0.3, -0.25) is 0 Å². The summed E-state index contributed by atoms with van der Waals surface area (Å²) in [6.45, 7) is 0. The van der Waals surface area contributed by atoms with E-state index in [2.05, 4.69) is 0 Å². The molecule has 0 bridgehead atoms. The first-order valence-electron chi connectivity index (χ1n) is 4.35. The van der Waals surface area contributed by atoms with E-state index in [4.69, 9.17) is 17.3 Å². The molecule has 2 nitrogen and oxygen atoms in total. The average molecular weight is 207 g/mol. The molecule has 0 saturated carbocycles. The highest BCUT2D eigenvalue weighted by atomic mass is 35.5. The Morgan fingerprint density at radius 1 is 1.21 bits per heavy atom. The Morgan fingerprint density at radius 2 is 2.00 bits per heavy atom. The number of hydrogen-bond donors (Lipinski definition) is 1. The lowest BCUT2D eigenvalue weighted by Crippen LogP contribution is -1.97. The second-order valence-corrected chi connectivity index (χ2v) is 3.65. The van der Waals surface area contributed by atoms with Crippen LogP contribution in [0, 0.1) is 0 Å². The lowest BCUT2D eigenvalue weighted by molar-refractivity contribution is 0.950. The topological polar surface area (TPSA) is 30.9 Å². The Kier molecular flexibility index (Phi) is 2.22. The van der Waals surface area contributed by atoms with E-state index in [1.54, 1.807) is 0 Å². The molecule has 1 heterocycles. The largest absolute Gasteiger partial charge is 0.385 e. The maximum Gasteiger partial charge on any atom is 0.103 e. The number of rotatable bonds is 1. The van der Waals surface area contributed by atoms with Crippen LogP contribution in [0.15, 0.2) is 36.4 Å². The summed E-state index contributed by atoms with van der Waals surface area (Å²) in [5, 5.41) is 0.738. The van der Waals surface area contributed by atoms with Crippen LogP contribution in [-0.4, -0.2) is 4.57 Å². The highest BCUT2D eigenvalue weighted by molar-refractivity contribution is 6.30. The lowest BCUT2D eigenvalue weighted by Gasteiger charge is -2.05. The molecule has 14 heavy (non-hydrogen) atoms. The second-order valence-electron chi connectivity index (χ2n) is 3.21. The summed E-state index contributed by atoms with van der Waals surface area (Å²) in [7, 11) is 1.94. The van der Waals surface area contributed by atoms with E-state index >= 15 is 0 Å².